The number of nitrogens with zero attached hydrogens (tertiary/aromatic N) is 1. The number of benzene rings is 1. The van der Waals surface area contributed by atoms with Crippen molar-refractivity contribution >= 4 is 0 Å². The summed E-state index contributed by atoms with van der Waals surface area (Å²) >= 11 is 0. The van der Waals surface area contributed by atoms with E-state index in [2.05, 4.69) is 10.3 Å². The van der Waals surface area contributed by atoms with Gasteiger partial charge in [-0.15, -0.1) is 0 Å². The van der Waals surface area contributed by atoms with Gasteiger partial charge in [-0.2, -0.15) is 0 Å². The fraction of sp³-hybridized carbons (Fsp3) is 0.312. The number of hydrogen-bond acceptors (Lipinski definition) is 5. The van der Waals surface area contributed by atoms with E-state index in [0.29, 0.717) is 0 Å². The summed E-state index contributed by atoms with van der Waals surface area (Å²) in [6.45, 7) is 0. The van der Waals surface area contributed by atoms with Crippen LogP contribution in [0.2, 0.25) is 0 Å². The highest BCUT2D eigenvalue weighted by molar-refractivity contribution is 5.46. The molecule has 21 heavy (non-hydrogen) atoms. The molecular formula is C16H20N2O3. The second-order valence-electron chi connectivity index (χ2n) is 4.49. The molecule has 0 aliphatic rings. The molecule has 0 saturated carbocycles. The van der Waals surface area contributed by atoms with E-state index in [-0.39, 0.29) is 6.04 Å². The number of methoxy groups -OCH3 is 3. The van der Waals surface area contributed by atoms with Gasteiger partial charge in [0.2, 0.25) is 0 Å². The number of nitrogens with one attached hydrogen (secondary N) is 1. The molecule has 2 rings (SSSR count). The average Bonchev–Trinajstić information content (AvgIpc) is 2.56. The molecule has 1 unspecified atom stereocenters. The lowest BCUT2D eigenvalue weighted by Gasteiger charge is -2.20. The number of aromatic nitrogens is 1. The Morgan fingerprint density at radius 1 is 0.952 bits per heavy atom. The third kappa shape index (κ3) is 3.25. The van der Waals surface area contributed by atoms with Gasteiger partial charge in [-0.1, -0.05) is 0 Å². The van der Waals surface area contributed by atoms with E-state index in [0.717, 1.165) is 28.4 Å². The predicted molar refractivity (Wildman–Crippen MR) is 81.2 cm³/mol. The molecule has 0 aliphatic carbocycles. The van der Waals surface area contributed by atoms with Crippen LogP contribution in [0.15, 0.2) is 36.7 Å². The Bertz CT molecular complexity index is 602. The minimum absolute atomic E-state index is 0.0477. The van der Waals surface area contributed by atoms with Gasteiger partial charge in [-0.05, 0) is 30.8 Å². The van der Waals surface area contributed by atoms with Gasteiger partial charge < -0.3 is 19.5 Å². The second-order valence-corrected chi connectivity index (χ2v) is 4.49. The number of pyridine rings is 1. The van der Waals surface area contributed by atoms with Gasteiger partial charge in [-0.3, -0.25) is 4.98 Å². The van der Waals surface area contributed by atoms with Gasteiger partial charge in [-0.25, -0.2) is 0 Å². The fourth-order valence-electron chi connectivity index (χ4n) is 2.26. The van der Waals surface area contributed by atoms with Crippen LogP contribution in [0.5, 0.6) is 17.2 Å². The minimum Gasteiger partial charge on any atom is -0.497 e. The van der Waals surface area contributed by atoms with Crippen LogP contribution in [0.1, 0.15) is 17.2 Å². The molecule has 1 aromatic carbocycles. The molecule has 112 valence electrons. The first-order valence-corrected chi connectivity index (χ1v) is 6.61. The number of rotatable bonds is 6. The van der Waals surface area contributed by atoms with Crippen molar-refractivity contribution in [1.29, 1.82) is 0 Å². The molecule has 0 aliphatic heterocycles. The Balaban J connectivity index is 2.45. The van der Waals surface area contributed by atoms with Gasteiger partial charge in [0, 0.05) is 17.8 Å². The molecule has 2 aromatic rings. The largest absolute Gasteiger partial charge is 0.497 e. The van der Waals surface area contributed by atoms with Gasteiger partial charge in [0.05, 0.1) is 33.6 Å². The van der Waals surface area contributed by atoms with E-state index >= 15 is 0 Å². The van der Waals surface area contributed by atoms with Crippen LogP contribution < -0.4 is 19.5 Å². The minimum atomic E-state index is -0.0477. The lowest BCUT2D eigenvalue weighted by Crippen LogP contribution is -2.18. The lowest BCUT2D eigenvalue weighted by molar-refractivity contribution is 0.388. The van der Waals surface area contributed by atoms with Gasteiger partial charge in [0.1, 0.15) is 17.2 Å². The summed E-state index contributed by atoms with van der Waals surface area (Å²) in [6, 6.07) is 7.67. The van der Waals surface area contributed by atoms with E-state index in [4.69, 9.17) is 14.2 Å². The third-order valence-electron chi connectivity index (χ3n) is 3.34. The first-order valence-electron chi connectivity index (χ1n) is 6.61. The summed E-state index contributed by atoms with van der Waals surface area (Å²) in [4.78, 5) is 4.21. The van der Waals surface area contributed by atoms with Crippen molar-refractivity contribution in [2.24, 2.45) is 0 Å². The van der Waals surface area contributed by atoms with Crippen molar-refractivity contribution in [2.45, 2.75) is 6.04 Å². The fourth-order valence-corrected chi connectivity index (χ4v) is 2.26. The Labute approximate surface area is 124 Å². The normalized spacial score (nSPS) is 11.8. The van der Waals surface area contributed by atoms with E-state index in [1.165, 1.54) is 0 Å². The van der Waals surface area contributed by atoms with Crippen LogP contribution in [0.25, 0.3) is 0 Å². The zero-order valence-corrected chi connectivity index (χ0v) is 12.7. The monoisotopic (exact) mass is 288 g/mol. The Hall–Kier alpha value is -2.27. The van der Waals surface area contributed by atoms with Crippen LogP contribution in [0.4, 0.5) is 0 Å². The standard InChI is InChI=1S/C16H20N2O3/c1-17-16(11-7-13(20-3)10-18-9-11)14-6-5-12(19-2)8-15(14)21-4/h5-10,16-17H,1-4H3. The van der Waals surface area contributed by atoms with E-state index in [1.54, 1.807) is 27.5 Å². The summed E-state index contributed by atoms with van der Waals surface area (Å²) < 4.78 is 15.9. The molecule has 0 bridgehead atoms. The zero-order chi connectivity index (χ0) is 15.2. The van der Waals surface area contributed by atoms with Gasteiger partial charge in [0.15, 0.2) is 0 Å². The molecule has 0 fully saturated rings. The first-order chi connectivity index (χ1) is 10.2. The maximum Gasteiger partial charge on any atom is 0.137 e. The van der Waals surface area contributed by atoms with Gasteiger partial charge in [0.25, 0.3) is 0 Å². The maximum atomic E-state index is 5.48. The van der Waals surface area contributed by atoms with Crippen molar-refractivity contribution in [3.8, 4) is 17.2 Å². The van der Waals surface area contributed by atoms with E-state index in [1.807, 2.05) is 37.5 Å². The number of hydrogen-bond donors (Lipinski definition) is 1. The molecule has 0 saturated heterocycles. The molecule has 1 atom stereocenters. The molecule has 0 radical (unpaired) electrons. The highest BCUT2D eigenvalue weighted by atomic mass is 16.5. The van der Waals surface area contributed by atoms with E-state index in [9.17, 15) is 0 Å². The Kier molecular flexibility index (Phi) is 5.00. The average molecular weight is 288 g/mol. The van der Waals surface area contributed by atoms with Crippen molar-refractivity contribution in [1.82, 2.24) is 10.3 Å². The second kappa shape index (κ2) is 6.95. The highest BCUT2D eigenvalue weighted by Crippen LogP contribution is 2.33. The van der Waals surface area contributed by atoms with E-state index < -0.39 is 0 Å². The molecular weight excluding hydrogens is 268 g/mol. The number of ether oxygens (including phenoxy) is 3. The zero-order valence-electron chi connectivity index (χ0n) is 12.7. The van der Waals surface area contributed by atoms with Gasteiger partial charge >= 0.3 is 0 Å². The Morgan fingerprint density at radius 3 is 2.33 bits per heavy atom. The summed E-state index contributed by atoms with van der Waals surface area (Å²) in [6.07, 6.45) is 3.49. The predicted octanol–water partition coefficient (Wildman–Crippen LogP) is 2.42. The van der Waals surface area contributed by atoms with Crippen LogP contribution in [0.3, 0.4) is 0 Å². The quantitative estimate of drug-likeness (QED) is 0.884. The van der Waals surface area contributed by atoms with Crippen LogP contribution >= 0.6 is 0 Å². The molecule has 0 amide bonds. The summed E-state index contributed by atoms with van der Waals surface area (Å²) in [5.74, 6) is 2.24. The highest BCUT2D eigenvalue weighted by Gasteiger charge is 2.18. The summed E-state index contributed by atoms with van der Waals surface area (Å²) in [5, 5.41) is 3.28. The smallest absolute Gasteiger partial charge is 0.137 e. The lowest BCUT2D eigenvalue weighted by atomic mass is 9.99. The molecule has 0 spiro atoms. The first kappa shape index (κ1) is 15.1. The molecule has 5 nitrogen and oxygen atoms in total. The van der Waals surface area contributed by atoms with Crippen LogP contribution in [-0.2, 0) is 0 Å². The van der Waals surface area contributed by atoms with Crippen molar-refractivity contribution in [2.75, 3.05) is 28.4 Å². The van der Waals surface area contributed by atoms with Crippen molar-refractivity contribution in [3.63, 3.8) is 0 Å². The molecule has 5 heteroatoms. The van der Waals surface area contributed by atoms with Crippen molar-refractivity contribution < 1.29 is 14.2 Å². The van der Waals surface area contributed by atoms with Crippen molar-refractivity contribution in [3.05, 3.63) is 47.8 Å². The molecule has 1 heterocycles. The molecule has 1 N–H and O–H groups in total. The maximum absolute atomic E-state index is 5.48. The molecule has 1 aromatic heterocycles. The van der Waals surface area contributed by atoms with Crippen LogP contribution in [0, 0.1) is 0 Å². The Morgan fingerprint density at radius 2 is 1.71 bits per heavy atom. The summed E-state index contributed by atoms with van der Waals surface area (Å²) in [7, 11) is 6.81. The SMILES string of the molecule is CNC(c1cncc(OC)c1)c1ccc(OC)cc1OC. The summed E-state index contributed by atoms with van der Waals surface area (Å²) in [5.41, 5.74) is 2.01. The topological polar surface area (TPSA) is 52.6 Å². The third-order valence-corrected chi connectivity index (χ3v) is 3.34. The van der Waals surface area contributed by atoms with Crippen LogP contribution in [-0.4, -0.2) is 33.4 Å².